The summed E-state index contributed by atoms with van der Waals surface area (Å²) in [6, 6.07) is 0. The molecule has 1 heteroatoms. The van der Waals surface area contributed by atoms with E-state index in [1.54, 1.807) is 0 Å². The van der Waals surface area contributed by atoms with Crippen LogP contribution in [-0.4, -0.2) is 11.4 Å². The fraction of sp³-hybridized carbons (Fsp3) is 0.455. The van der Waals surface area contributed by atoms with Crippen molar-refractivity contribution in [2.45, 2.75) is 20.8 Å². The minimum atomic E-state index is 0.600. The molecule has 66 valence electrons. The topological polar surface area (TPSA) is 3.24 Å². The van der Waals surface area contributed by atoms with Gasteiger partial charge >= 0.3 is 0 Å². The molecular weight excluding hydrogens is 146 g/mol. The van der Waals surface area contributed by atoms with Gasteiger partial charge in [-0.2, -0.15) is 0 Å². The largest absolute Gasteiger partial charge is 0.348 e. The van der Waals surface area contributed by atoms with Gasteiger partial charge in [0.25, 0.3) is 0 Å². The van der Waals surface area contributed by atoms with Crippen LogP contribution in [0.3, 0.4) is 0 Å². The minimum Gasteiger partial charge on any atom is -0.348 e. The van der Waals surface area contributed by atoms with Gasteiger partial charge in [0.15, 0.2) is 0 Å². The maximum absolute atomic E-state index is 3.95. The number of hydrogen-bond acceptors (Lipinski definition) is 1. The molecule has 0 aliphatic carbocycles. The van der Waals surface area contributed by atoms with Crippen molar-refractivity contribution >= 4 is 0 Å². The monoisotopic (exact) mass is 163 g/mol. The fourth-order valence-electron chi connectivity index (χ4n) is 1.23. The quantitative estimate of drug-likeness (QED) is 0.605. The number of rotatable bonds is 2. The second kappa shape index (κ2) is 3.61. The summed E-state index contributed by atoms with van der Waals surface area (Å²) in [6.07, 6.45) is 6.42. The SMILES string of the molecule is C=C1C=CC(C(C)C)=CN1CC. The second-order valence-corrected chi connectivity index (χ2v) is 3.39. The van der Waals surface area contributed by atoms with E-state index < -0.39 is 0 Å². The molecule has 0 aromatic rings. The normalized spacial score (nSPS) is 17.2. The van der Waals surface area contributed by atoms with E-state index in [2.05, 4.69) is 50.6 Å². The van der Waals surface area contributed by atoms with Crippen LogP contribution in [0, 0.1) is 5.92 Å². The first-order chi connectivity index (χ1) is 5.65. The van der Waals surface area contributed by atoms with Crippen molar-refractivity contribution in [3.05, 3.63) is 36.2 Å². The van der Waals surface area contributed by atoms with Gasteiger partial charge in [0.2, 0.25) is 0 Å². The average Bonchev–Trinajstić information content (AvgIpc) is 2.05. The fourth-order valence-corrected chi connectivity index (χ4v) is 1.23. The molecule has 0 saturated carbocycles. The van der Waals surface area contributed by atoms with Gasteiger partial charge in [-0.1, -0.05) is 26.5 Å². The Kier molecular flexibility index (Phi) is 2.74. The predicted octanol–water partition coefficient (Wildman–Crippen LogP) is 2.93. The highest BCUT2D eigenvalue weighted by atomic mass is 15.1. The van der Waals surface area contributed by atoms with Crippen LogP contribution < -0.4 is 0 Å². The molecule has 1 nitrogen and oxygen atoms in total. The first kappa shape index (κ1) is 9.11. The lowest BCUT2D eigenvalue weighted by Gasteiger charge is -2.24. The molecule has 0 aromatic carbocycles. The van der Waals surface area contributed by atoms with Gasteiger partial charge in [-0.05, 0) is 24.5 Å². The van der Waals surface area contributed by atoms with Crippen molar-refractivity contribution in [3.8, 4) is 0 Å². The Hall–Kier alpha value is -0.980. The zero-order chi connectivity index (χ0) is 9.14. The number of allylic oxidation sites excluding steroid dienone is 3. The van der Waals surface area contributed by atoms with E-state index in [0.29, 0.717) is 5.92 Å². The highest BCUT2D eigenvalue weighted by Crippen LogP contribution is 2.20. The third-order valence-electron chi connectivity index (χ3n) is 2.15. The van der Waals surface area contributed by atoms with E-state index in [9.17, 15) is 0 Å². The lowest BCUT2D eigenvalue weighted by molar-refractivity contribution is 0.493. The molecule has 0 spiro atoms. The van der Waals surface area contributed by atoms with E-state index in [4.69, 9.17) is 0 Å². The lowest BCUT2D eigenvalue weighted by Crippen LogP contribution is -2.18. The van der Waals surface area contributed by atoms with Gasteiger partial charge < -0.3 is 4.90 Å². The van der Waals surface area contributed by atoms with Crippen LogP contribution in [0.1, 0.15) is 20.8 Å². The Morgan fingerprint density at radius 2 is 2.08 bits per heavy atom. The van der Waals surface area contributed by atoms with Crippen molar-refractivity contribution in [2.24, 2.45) is 5.92 Å². The summed E-state index contributed by atoms with van der Waals surface area (Å²) in [5.74, 6) is 0.600. The lowest BCUT2D eigenvalue weighted by atomic mass is 10.0. The Morgan fingerprint density at radius 3 is 2.58 bits per heavy atom. The molecular formula is C11H17N. The summed E-state index contributed by atoms with van der Waals surface area (Å²) >= 11 is 0. The highest BCUT2D eigenvalue weighted by Gasteiger charge is 2.08. The van der Waals surface area contributed by atoms with Crippen LogP contribution in [-0.2, 0) is 0 Å². The Morgan fingerprint density at radius 1 is 1.42 bits per heavy atom. The number of nitrogens with zero attached hydrogens (tertiary/aromatic N) is 1. The smallest absolute Gasteiger partial charge is 0.0333 e. The van der Waals surface area contributed by atoms with Crippen LogP contribution in [0.25, 0.3) is 0 Å². The molecule has 0 radical (unpaired) electrons. The molecule has 1 aliphatic rings. The molecule has 0 N–H and O–H groups in total. The Labute approximate surface area is 75.1 Å². The van der Waals surface area contributed by atoms with Crippen molar-refractivity contribution in [1.82, 2.24) is 4.90 Å². The average molecular weight is 163 g/mol. The van der Waals surface area contributed by atoms with Crippen molar-refractivity contribution < 1.29 is 0 Å². The third kappa shape index (κ3) is 1.79. The molecule has 1 aliphatic heterocycles. The minimum absolute atomic E-state index is 0.600. The molecule has 0 aromatic heterocycles. The molecule has 1 rings (SSSR count). The van der Waals surface area contributed by atoms with Gasteiger partial charge in [0, 0.05) is 18.4 Å². The van der Waals surface area contributed by atoms with E-state index >= 15 is 0 Å². The number of likely N-dealkylation sites (N-methyl/N-ethyl adjacent to an activating group) is 1. The summed E-state index contributed by atoms with van der Waals surface area (Å²) < 4.78 is 0. The predicted molar refractivity (Wildman–Crippen MR) is 53.6 cm³/mol. The maximum Gasteiger partial charge on any atom is 0.0333 e. The molecule has 0 atom stereocenters. The zero-order valence-corrected chi connectivity index (χ0v) is 8.17. The van der Waals surface area contributed by atoms with Crippen molar-refractivity contribution in [1.29, 1.82) is 0 Å². The van der Waals surface area contributed by atoms with Gasteiger partial charge in [-0.15, -0.1) is 0 Å². The van der Waals surface area contributed by atoms with Gasteiger partial charge in [0.05, 0.1) is 0 Å². The summed E-state index contributed by atoms with van der Waals surface area (Å²) in [4.78, 5) is 2.18. The standard InChI is InChI=1S/C11H17N/c1-5-12-8-11(9(2)3)7-6-10(12)4/h6-9H,4-5H2,1-3H3. The number of hydrogen-bond donors (Lipinski definition) is 0. The van der Waals surface area contributed by atoms with Crippen LogP contribution in [0.15, 0.2) is 36.2 Å². The van der Waals surface area contributed by atoms with E-state index in [1.807, 2.05) is 0 Å². The summed E-state index contributed by atoms with van der Waals surface area (Å²) in [5.41, 5.74) is 2.46. The molecule has 0 unspecified atom stereocenters. The molecule has 0 amide bonds. The van der Waals surface area contributed by atoms with Gasteiger partial charge in [0.1, 0.15) is 0 Å². The zero-order valence-electron chi connectivity index (χ0n) is 8.17. The van der Waals surface area contributed by atoms with Crippen molar-refractivity contribution in [3.63, 3.8) is 0 Å². The second-order valence-electron chi connectivity index (χ2n) is 3.39. The molecule has 12 heavy (non-hydrogen) atoms. The van der Waals surface area contributed by atoms with Crippen LogP contribution >= 0.6 is 0 Å². The highest BCUT2D eigenvalue weighted by molar-refractivity contribution is 5.33. The van der Waals surface area contributed by atoms with Gasteiger partial charge in [-0.3, -0.25) is 0 Å². The third-order valence-corrected chi connectivity index (χ3v) is 2.15. The van der Waals surface area contributed by atoms with E-state index in [1.165, 1.54) is 5.57 Å². The van der Waals surface area contributed by atoms with Crippen LogP contribution in [0.4, 0.5) is 0 Å². The first-order valence-electron chi connectivity index (χ1n) is 4.50. The first-order valence-corrected chi connectivity index (χ1v) is 4.50. The van der Waals surface area contributed by atoms with E-state index in [-0.39, 0.29) is 0 Å². The molecule has 1 heterocycles. The maximum atomic E-state index is 3.95. The van der Waals surface area contributed by atoms with Crippen LogP contribution in [0.2, 0.25) is 0 Å². The summed E-state index contributed by atoms with van der Waals surface area (Å²) in [5, 5.41) is 0. The molecule has 0 fully saturated rings. The van der Waals surface area contributed by atoms with E-state index in [0.717, 1.165) is 12.2 Å². The Balaban J connectivity index is 2.80. The van der Waals surface area contributed by atoms with Gasteiger partial charge in [-0.25, -0.2) is 0 Å². The Bertz CT molecular complexity index is 233. The van der Waals surface area contributed by atoms with Crippen molar-refractivity contribution in [2.75, 3.05) is 6.54 Å². The summed E-state index contributed by atoms with van der Waals surface area (Å²) in [6.45, 7) is 11.5. The molecule has 0 saturated heterocycles. The summed E-state index contributed by atoms with van der Waals surface area (Å²) in [7, 11) is 0. The van der Waals surface area contributed by atoms with Crippen LogP contribution in [0.5, 0.6) is 0 Å². The molecule has 0 bridgehead atoms.